The predicted octanol–water partition coefficient (Wildman–Crippen LogP) is 4.59. The number of rotatable bonds is 4. The van der Waals surface area contributed by atoms with Crippen LogP contribution in [0.15, 0.2) is 32.9 Å². The maximum absolute atomic E-state index is 10.0. The van der Waals surface area contributed by atoms with Crippen LogP contribution in [0.3, 0.4) is 0 Å². The molecule has 4 aliphatic rings. The zero-order chi connectivity index (χ0) is 28.9. The maximum Gasteiger partial charge on any atom is 0.172 e. The summed E-state index contributed by atoms with van der Waals surface area (Å²) >= 11 is 6.47. The number of likely N-dealkylation sites (tertiary alicyclic amines) is 1. The van der Waals surface area contributed by atoms with Crippen molar-refractivity contribution in [3.8, 4) is 6.07 Å². The number of nitrogens with one attached hydrogen (secondary N) is 1. The molecule has 0 saturated carbocycles. The van der Waals surface area contributed by atoms with Crippen LogP contribution < -0.4 is 11.1 Å². The molecule has 2 aromatic rings. The molecule has 2 aliphatic carbocycles. The first-order valence-corrected chi connectivity index (χ1v) is 14.7. The number of nitrogens with two attached hydrogens (primary N) is 1. The zero-order valence-electron chi connectivity index (χ0n) is 24.0. The number of fused-ring (bicyclic) bond motifs is 4. The summed E-state index contributed by atoms with van der Waals surface area (Å²) < 4.78 is 12.3. The van der Waals surface area contributed by atoms with E-state index < -0.39 is 11.6 Å². The molecular formula is C30H41ClN6O3. The number of nitrogens with zero attached hydrogens (tertiary/aromatic N) is 4. The molecule has 3 unspecified atom stereocenters. The summed E-state index contributed by atoms with van der Waals surface area (Å²) in [5.41, 5.74) is 10.9. The highest BCUT2D eigenvalue weighted by atomic mass is 35.5. The van der Waals surface area contributed by atoms with Crippen molar-refractivity contribution in [2.75, 3.05) is 33.0 Å². The second-order valence-electron chi connectivity index (χ2n) is 10.4. The van der Waals surface area contributed by atoms with Crippen LogP contribution in [0.4, 0.5) is 5.69 Å². The molecular weight excluding hydrogens is 528 g/mol. The number of aromatic nitrogens is 1. The lowest BCUT2D eigenvalue weighted by molar-refractivity contribution is 0.0518. The van der Waals surface area contributed by atoms with E-state index in [4.69, 9.17) is 36.7 Å². The number of aliphatic hydroxyl groups is 1. The van der Waals surface area contributed by atoms with Crippen molar-refractivity contribution in [1.82, 2.24) is 15.4 Å². The summed E-state index contributed by atoms with van der Waals surface area (Å²) in [4.78, 5) is 7.13. The van der Waals surface area contributed by atoms with E-state index in [0.717, 1.165) is 75.5 Å². The zero-order valence-corrected chi connectivity index (χ0v) is 24.7. The van der Waals surface area contributed by atoms with Crippen molar-refractivity contribution >= 4 is 23.1 Å². The second kappa shape index (κ2) is 13.2. The van der Waals surface area contributed by atoms with Gasteiger partial charge in [-0.3, -0.25) is 0 Å². The molecule has 1 fully saturated rings. The van der Waals surface area contributed by atoms with E-state index in [1.165, 1.54) is 12.0 Å². The second-order valence-corrected chi connectivity index (χ2v) is 10.8. The number of nitrogen functional groups attached to an aromatic ring is 1. The first kappa shape index (κ1) is 30.1. The number of anilines is 1. The third kappa shape index (κ3) is 5.51. The number of aryl methyl sites for hydroxylation is 1. The lowest BCUT2D eigenvalue weighted by Gasteiger charge is -2.41. The van der Waals surface area contributed by atoms with Crippen molar-refractivity contribution in [1.29, 1.82) is 5.26 Å². The molecule has 40 heavy (non-hydrogen) atoms. The fourth-order valence-electron chi connectivity index (χ4n) is 6.59. The number of aliphatic imine (C=N–C) groups is 1. The smallest absolute Gasteiger partial charge is 0.172 e. The third-order valence-corrected chi connectivity index (χ3v) is 8.58. The van der Waals surface area contributed by atoms with Crippen LogP contribution in [0.2, 0.25) is 0 Å². The topological polar surface area (TPSA) is 133 Å². The Bertz CT molecular complexity index is 1300. The number of aliphatic hydroxyl groups excluding tert-OH is 1. The lowest BCUT2D eigenvalue weighted by atomic mass is 9.61. The Balaban J connectivity index is 0.000000886. The van der Waals surface area contributed by atoms with Gasteiger partial charge in [0.15, 0.2) is 23.5 Å². The molecule has 3 heterocycles. The molecule has 1 spiro atoms. The summed E-state index contributed by atoms with van der Waals surface area (Å²) in [7, 11) is 3.13. The quantitative estimate of drug-likeness (QED) is 0.360. The average Bonchev–Trinajstić information content (AvgIpc) is 3.61. The van der Waals surface area contributed by atoms with Gasteiger partial charge in [-0.1, -0.05) is 36.7 Å². The molecule has 3 atom stereocenters. The number of hydrogen-bond acceptors (Lipinski definition) is 9. The van der Waals surface area contributed by atoms with E-state index in [0.29, 0.717) is 40.6 Å². The Morgan fingerprint density at radius 3 is 2.70 bits per heavy atom. The standard InChI is InChI=1S/C27H31ClN6O2.C2H6.CH4O/c1-34-12-4-6-17(34)15-35-22-13-21(28)31-26(32-22)24-18-7-3-11-27(25(18)36-33-24)10-2-5-16-8-9-20(30)19(14-29)23(16)27;2*1-2/h8-9,13,17,22H,2-7,10-12,15,30H2,1H3,(H,31,32);1-2H3;2H,1H3. The first-order chi connectivity index (χ1) is 19.5. The highest BCUT2D eigenvalue weighted by Gasteiger charge is 2.48. The van der Waals surface area contributed by atoms with Crippen LogP contribution in [0.5, 0.6) is 0 Å². The van der Waals surface area contributed by atoms with Crippen molar-refractivity contribution < 1.29 is 14.4 Å². The largest absolute Gasteiger partial charge is 0.400 e. The highest BCUT2D eigenvalue weighted by Crippen LogP contribution is 2.52. The molecule has 4 N–H and O–H groups in total. The minimum absolute atomic E-state index is 0.398. The number of benzene rings is 1. The van der Waals surface area contributed by atoms with Gasteiger partial charge >= 0.3 is 0 Å². The van der Waals surface area contributed by atoms with E-state index in [-0.39, 0.29) is 0 Å². The maximum atomic E-state index is 10.0. The van der Waals surface area contributed by atoms with E-state index in [1.807, 2.05) is 19.9 Å². The molecule has 0 radical (unpaired) electrons. The van der Waals surface area contributed by atoms with Gasteiger partial charge in [-0.15, -0.1) is 0 Å². The van der Waals surface area contributed by atoms with Crippen LogP contribution in [0.25, 0.3) is 0 Å². The summed E-state index contributed by atoms with van der Waals surface area (Å²) in [5, 5.41) is 25.2. The molecule has 10 heteroatoms. The number of nitriles is 1. The summed E-state index contributed by atoms with van der Waals surface area (Å²) in [6.45, 7) is 5.70. The summed E-state index contributed by atoms with van der Waals surface area (Å²) in [5.74, 6) is 1.41. The number of ether oxygens (including phenoxy) is 1. The van der Waals surface area contributed by atoms with Gasteiger partial charge < -0.3 is 30.3 Å². The molecule has 6 rings (SSSR count). The Morgan fingerprint density at radius 2 is 2.00 bits per heavy atom. The first-order valence-electron chi connectivity index (χ1n) is 14.3. The number of hydrogen-bond donors (Lipinski definition) is 3. The van der Waals surface area contributed by atoms with Gasteiger partial charge in [-0.25, -0.2) is 4.99 Å². The number of likely N-dealkylation sites (N-methyl/N-ethyl adjacent to an activating group) is 1. The van der Waals surface area contributed by atoms with Gasteiger partial charge in [0, 0.05) is 30.5 Å². The van der Waals surface area contributed by atoms with Crippen LogP contribution >= 0.6 is 11.6 Å². The molecule has 2 aliphatic heterocycles. The molecule has 216 valence electrons. The van der Waals surface area contributed by atoms with Crippen molar-refractivity contribution in [3.05, 3.63) is 57.1 Å². The van der Waals surface area contributed by atoms with Gasteiger partial charge in [0.05, 0.1) is 17.6 Å². The molecule has 0 amide bonds. The van der Waals surface area contributed by atoms with Crippen molar-refractivity contribution in [2.24, 2.45) is 4.99 Å². The lowest BCUT2D eigenvalue weighted by Crippen LogP contribution is -2.37. The van der Waals surface area contributed by atoms with Crippen molar-refractivity contribution in [3.63, 3.8) is 0 Å². The van der Waals surface area contributed by atoms with Gasteiger partial charge in [0.1, 0.15) is 11.2 Å². The third-order valence-electron chi connectivity index (χ3n) is 8.36. The molecule has 1 aromatic carbocycles. The number of halogens is 1. The minimum Gasteiger partial charge on any atom is -0.400 e. The fraction of sp³-hybridized carbons (Fsp3) is 0.567. The van der Waals surface area contributed by atoms with E-state index in [2.05, 4.69) is 34.6 Å². The molecule has 0 bridgehead atoms. The molecule has 1 aromatic heterocycles. The van der Waals surface area contributed by atoms with E-state index >= 15 is 0 Å². The Kier molecular flexibility index (Phi) is 9.90. The monoisotopic (exact) mass is 568 g/mol. The van der Waals surface area contributed by atoms with Gasteiger partial charge in [-0.2, -0.15) is 5.26 Å². The van der Waals surface area contributed by atoms with Gasteiger partial charge in [0.25, 0.3) is 0 Å². The average molecular weight is 569 g/mol. The highest BCUT2D eigenvalue weighted by molar-refractivity contribution is 6.31. The van der Waals surface area contributed by atoms with Gasteiger partial charge in [-0.05, 0) is 82.2 Å². The Morgan fingerprint density at radius 1 is 1.25 bits per heavy atom. The van der Waals surface area contributed by atoms with Crippen LogP contribution in [0.1, 0.15) is 86.1 Å². The molecule has 9 nitrogen and oxygen atoms in total. The van der Waals surface area contributed by atoms with Gasteiger partial charge in [0.2, 0.25) is 0 Å². The van der Waals surface area contributed by atoms with Crippen LogP contribution in [-0.4, -0.2) is 60.6 Å². The molecule has 1 saturated heterocycles. The number of amidine groups is 1. The summed E-state index contributed by atoms with van der Waals surface area (Å²) in [6, 6.07) is 6.70. The Hall–Kier alpha value is -2.90. The van der Waals surface area contributed by atoms with Crippen LogP contribution in [-0.2, 0) is 23.0 Å². The van der Waals surface area contributed by atoms with E-state index in [9.17, 15) is 5.26 Å². The SMILES string of the molecule is CC.CN1CCCC1COC1C=C(Cl)NC(c2noc3c2CCCC32CCCc3ccc(N)c(C#N)c32)=N1.CO. The predicted molar refractivity (Wildman–Crippen MR) is 157 cm³/mol. The van der Waals surface area contributed by atoms with E-state index in [1.54, 1.807) is 6.08 Å². The summed E-state index contributed by atoms with van der Waals surface area (Å²) in [6.07, 6.45) is 9.19. The Labute approximate surface area is 242 Å². The minimum atomic E-state index is -0.479. The van der Waals surface area contributed by atoms with Crippen molar-refractivity contribution in [2.45, 2.75) is 82.9 Å². The fourth-order valence-corrected chi connectivity index (χ4v) is 6.78. The normalized spacial score (nSPS) is 25.1. The van der Waals surface area contributed by atoms with Crippen LogP contribution in [0, 0.1) is 11.3 Å².